The third-order valence-electron chi connectivity index (χ3n) is 4.11. The molecule has 0 unspecified atom stereocenters. The highest BCUT2D eigenvalue weighted by Crippen LogP contribution is 2.23. The predicted molar refractivity (Wildman–Crippen MR) is 90.5 cm³/mol. The zero-order valence-electron chi connectivity index (χ0n) is 14.2. The van der Waals surface area contributed by atoms with Crippen molar-refractivity contribution in [2.75, 3.05) is 6.54 Å². The van der Waals surface area contributed by atoms with E-state index in [9.17, 15) is 9.59 Å². The summed E-state index contributed by atoms with van der Waals surface area (Å²) in [6.07, 6.45) is 3.37. The molecule has 0 aliphatic carbocycles. The number of aryl methyl sites for hydroxylation is 1. The van der Waals surface area contributed by atoms with Crippen LogP contribution in [0.1, 0.15) is 41.5 Å². The fourth-order valence-corrected chi connectivity index (χ4v) is 3.00. The number of carbonyl (C=O) groups excluding carboxylic acids is 2. The summed E-state index contributed by atoms with van der Waals surface area (Å²) in [5.41, 5.74) is 2.55. The van der Waals surface area contributed by atoms with E-state index < -0.39 is 6.04 Å². The molecule has 1 atom stereocenters. The van der Waals surface area contributed by atoms with Crippen LogP contribution in [-0.4, -0.2) is 38.9 Å². The normalized spacial score (nSPS) is 16.8. The molecule has 0 fully saturated rings. The van der Waals surface area contributed by atoms with Crippen LogP contribution in [-0.2, 0) is 11.3 Å². The number of amides is 2. The number of rotatable bonds is 3. The number of imidazole rings is 1. The van der Waals surface area contributed by atoms with Gasteiger partial charge in [-0.25, -0.2) is 4.98 Å². The molecule has 0 bridgehead atoms. The highest BCUT2D eigenvalue weighted by Gasteiger charge is 2.33. The van der Waals surface area contributed by atoms with E-state index >= 15 is 0 Å². The van der Waals surface area contributed by atoms with Crippen molar-refractivity contribution in [1.29, 1.82) is 0 Å². The molecule has 0 saturated carbocycles. The van der Waals surface area contributed by atoms with Gasteiger partial charge in [0.25, 0.3) is 5.91 Å². The van der Waals surface area contributed by atoms with Gasteiger partial charge >= 0.3 is 0 Å². The number of nitrogens with zero attached hydrogens (tertiary/aromatic N) is 3. The first kappa shape index (κ1) is 16.2. The lowest BCUT2D eigenvalue weighted by atomic mass is 10.1. The second kappa shape index (κ2) is 6.47. The lowest BCUT2D eigenvalue weighted by molar-refractivity contribution is -0.125. The van der Waals surface area contributed by atoms with Gasteiger partial charge in [0.1, 0.15) is 6.04 Å². The zero-order valence-corrected chi connectivity index (χ0v) is 14.2. The highest BCUT2D eigenvalue weighted by atomic mass is 16.2. The topological polar surface area (TPSA) is 67.2 Å². The lowest BCUT2D eigenvalue weighted by Crippen LogP contribution is -2.47. The third kappa shape index (κ3) is 3.18. The average molecular weight is 326 g/mol. The molecule has 0 spiro atoms. The van der Waals surface area contributed by atoms with Crippen molar-refractivity contribution in [3.05, 3.63) is 53.6 Å². The minimum absolute atomic E-state index is 0.0484. The van der Waals surface area contributed by atoms with Crippen LogP contribution in [0.2, 0.25) is 0 Å². The van der Waals surface area contributed by atoms with Crippen molar-refractivity contribution in [1.82, 2.24) is 19.8 Å². The van der Waals surface area contributed by atoms with Crippen molar-refractivity contribution in [3.63, 3.8) is 0 Å². The Labute approximate surface area is 141 Å². The maximum atomic E-state index is 12.8. The maximum Gasteiger partial charge on any atom is 0.254 e. The Morgan fingerprint density at radius 1 is 1.33 bits per heavy atom. The Morgan fingerprint density at radius 3 is 2.83 bits per heavy atom. The molecular weight excluding hydrogens is 304 g/mol. The molecule has 2 amide bonds. The largest absolute Gasteiger partial charge is 0.352 e. The first-order valence-corrected chi connectivity index (χ1v) is 8.12. The molecule has 0 saturated heterocycles. The van der Waals surface area contributed by atoms with E-state index in [-0.39, 0.29) is 17.9 Å². The van der Waals surface area contributed by atoms with Gasteiger partial charge in [-0.05, 0) is 32.9 Å². The van der Waals surface area contributed by atoms with Crippen LogP contribution in [0.4, 0.5) is 0 Å². The summed E-state index contributed by atoms with van der Waals surface area (Å²) in [5, 5.41) is 2.93. The first-order chi connectivity index (χ1) is 11.5. The SMILES string of the molecule is Cc1cccc(C(=O)N2Cc3cncn3[C@@H](C(=O)NC(C)C)C2)c1. The molecule has 3 rings (SSSR count). The second-order valence-corrected chi connectivity index (χ2v) is 6.53. The van der Waals surface area contributed by atoms with Crippen LogP contribution < -0.4 is 5.32 Å². The Bertz CT molecular complexity index is 766. The zero-order chi connectivity index (χ0) is 17.3. The summed E-state index contributed by atoms with van der Waals surface area (Å²) in [4.78, 5) is 31.2. The minimum Gasteiger partial charge on any atom is -0.352 e. The average Bonchev–Trinajstić information content (AvgIpc) is 3.00. The van der Waals surface area contributed by atoms with Crippen LogP contribution in [0.15, 0.2) is 36.8 Å². The standard InChI is InChI=1S/C18H22N4O2/c1-12(2)20-17(23)16-10-21(9-15-8-19-11-22(15)16)18(24)14-6-4-5-13(3)7-14/h4-8,11-12,16H,9-10H2,1-3H3,(H,20,23)/t16-/m1/s1. The second-order valence-electron chi connectivity index (χ2n) is 6.53. The van der Waals surface area contributed by atoms with Crippen LogP contribution in [0.3, 0.4) is 0 Å². The van der Waals surface area contributed by atoms with Gasteiger partial charge in [0.05, 0.1) is 25.1 Å². The Kier molecular flexibility index (Phi) is 4.38. The summed E-state index contributed by atoms with van der Waals surface area (Å²) in [6, 6.07) is 7.11. The maximum absolute atomic E-state index is 12.8. The van der Waals surface area contributed by atoms with Gasteiger partial charge in [0.2, 0.25) is 5.91 Å². The van der Waals surface area contributed by atoms with Crippen molar-refractivity contribution in [2.45, 2.75) is 39.4 Å². The van der Waals surface area contributed by atoms with Crippen LogP contribution >= 0.6 is 0 Å². The molecule has 6 heteroatoms. The number of carbonyl (C=O) groups is 2. The molecule has 24 heavy (non-hydrogen) atoms. The van der Waals surface area contributed by atoms with E-state index in [1.807, 2.05) is 49.6 Å². The fourth-order valence-electron chi connectivity index (χ4n) is 3.00. The smallest absolute Gasteiger partial charge is 0.254 e. The summed E-state index contributed by atoms with van der Waals surface area (Å²) >= 11 is 0. The van der Waals surface area contributed by atoms with Gasteiger partial charge in [-0.3, -0.25) is 9.59 Å². The molecule has 2 aromatic rings. The molecule has 1 aliphatic rings. The molecule has 0 radical (unpaired) electrons. The number of fused-ring (bicyclic) bond motifs is 1. The molecule has 1 aliphatic heterocycles. The number of hydrogen-bond donors (Lipinski definition) is 1. The Balaban J connectivity index is 1.87. The Morgan fingerprint density at radius 2 is 2.12 bits per heavy atom. The molecule has 126 valence electrons. The molecular formula is C18H22N4O2. The van der Waals surface area contributed by atoms with Gasteiger partial charge in [-0.1, -0.05) is 17.7 Å². The summed E-state index contributed by atoms with van der Waals surface area (Å²) in [5.74, 6) is -0.153. The van der Waals surface area contributed by atoms with Crippen molar-refractivity contribution in [3.8, 4) is 0 Å². The first-order valence-electron chi connectivity index (χ1n) is 8.12. The van der Waals surface area contributed by atoms with E-state index in [1.54, 1.807) is 17.4 Å². The number of benzene rings is 1. The minimum atomic E-state index is -0.451. The van der Waals surface area contributed by atoms with E-state index in [2.05, 4.69) is 10.3 Å². The number of nitrogens with one attached hydrogen (secondary N) is 1. The van der Waals surface area contributed by atoms with Gasteiger partial charge in [0, 0.05) is 17.8 Å². The van der Waals surface area contributed by atoms with E-state index in [1.165, 1.54) is 0 Å². The third-order valence-corrected chi connectivity index (χ3v) is 4.11. The van der Waals surface area contributed by atoms with Gasteiger partial charge < -0.3 is 14.8 Å². The number of hydrogen-bond acceptors (Lipinski definition) is 3. The molecule has 2 heterocycles. The van der Waals surface area contributed by atoms with Gasteiger partial charge in [-0.15, -0.1) is 0 Å². The van der Waals surface area contributed by atoms with Crippen molar-refractivity contribution >= 4 is 11.8 Å². The summed E-state index contributed by atoms with van der Waals surface area (Å²) in [7, 11) is 0. The van der Waals surface area contributed by atoms with Crippen molar-refractivity contribution < 1.29 is 9.59 Å². The predicted octanol–water partition coefficient (Wildman–Crippen LogP) is 1.91. The van der Waals surface area contributed by atoms with E-state index in [4.69, 9.17) is 0 Å². The number of aromatic nitrogens is 2. The molecule has 1 aromatic carbocycles. The lowest BCUT2D eigenvalue weighted by Gasteiger charge is -2.34. The van der Waals surface area contributed by atoms with E-state index in [0.717, 1.165) is 11.3 Å². The summed E-state index contributed by atoms with van der Waals surface area (Å²) in [6.45, 7) is 6.60. The molecule has 6 nitrogen and oxygen atoms in total. The molecule has 1 aromatic heterocycles. The summed E-state index contributed by atoms with van der Waals surface area (Å²) < 4.78 is 1.86. The van der Waals surface area contributed by atoms with E-state index in [0.29, 0.717) is 18.7 Å². The van der Waals surface area contributed by atoms with Crippen molar-refractivity contribution in [2.24, 2.45) is 0 Å². The van der Waals surface area contributed by atoms with Crippen LogP contribution in [0, 0.1) is 6.92 Å². The van der Waals surface area contributed by atoms with Gasteiger partial charge in [0.15, 0.2) is 0 Å². The van der Waals surface area contributed by atoms with Crippen LogP contribution in [0.25, 0.3) is 0 Å². The Hall–Kier alpha value is -2.63. The fraction of sp³-hybridized carbons (Fsp3) is 0.389. The quantitative estimate of drug-likeness (QED) is 0.937. The molecule has 1 N–H and O–H groups in total. The monoisotopic (exact) mass is 326 g/mol. The van der Waals surface area contributed by atoms with Gasteiger partial charge in [-0.2, -0.15) is 0 Å². The van der Waals surface area contributed by atoms with Crippen LogP contribution in [0.5, 0.6) is 0 Å². The highest BCUT2D eigenvalue weighted by molar-refractivity contribution is 5.95.